The first-order valence-electron chi connectivity index (χ1n) is 12.3. The highest BCUT2D eigenvalue weighted by Crippen LogP contribution is 2.42. The Kier molecular flexibility index (Phi) is 7.53. The molecular weight excluding hydrogens is 510 g/mol. The normalized spacial score (nSPS) is 15.0. The number of carbonyl (C=O) groups is 2. The van der Waals surface area contributed by atoms with Crippen LogP contribution in [0.2, 0.25) is 5.02 Å². The summed E-state index contributed by atoms with van der Waals surface area (Å²) in [6.07, 6.45) is 0.397. The maximum atomic E-state index is 13.4. The van der Waals surface area contributed by atoms with Crippen molar-refractivity contribution in [2.24, 2.45) is 0 Å². The van der Waals surface area contributed by atoms with E-state index in [1.54, 1.807) is 43.3 Å². The standard InChI is InChI=1S/C28H32ClN3O4S/c1-19(27(34)30-28(2,3)4)31(18-20-9-5-12-22(29)17-20)25(33)15-8-16-32-23-13-6-10-21-11-7-14-24(26(21)23)37(32,35)36/h5-7,9-14,17,19H,8,15-16,18H2,1-4H3,(H,30,34)/t19-/m1/s1. The van der Waals surface area contributed by atoms with Crippen molar-refractivity contribution in [2.75, 3.05) is 10.8 Å². The minimum atomic E-state index is -3.69. The molecule has 37 heavy (non-hydrogen) atoms. The quantitative estimate of drug-likeness (QED) is 0.429. The van der Waals surface area contributed by atoms with Crippen molar-refractivity contribution < 1.29 is 18.0 Å². The second kappa shape index (κ2) is 10.3. The lowest BCUT2D eigenvalue weighted by Crippen LogP contribution is -2.52. The summed E-state index contributed by atoms with van der Waals surface area (Å²) in [7, 11) is -3.69. The van der Waals surface area contributed by atoms with E-state index >= 15 is 0 Å². The van der Waals surface area contributed by atoms with Crippen LogP contribution in [0.3, 0.4) is 0 Å². The number of carbonyl (C=O) groups excluding carboxylic acids is 2. The molecule has 3 aromatic rings. The van der Waals surface area contributed by atoms with E-state index in [-0.39, 0.29) is 31.3 Å². The van der Waals surface area contributed by atoms with E-state index in [1.807, 2.05) is 45.0 Å². The minimum absolute atomic E-state index is 0.0893. The molecule has 0 saturated carbocycles. The monoisotopic (exact) mass is 541 g/mol. The van der Waals surface area contributed by atoms with Gasteiger partial charge in [0.05, 0.1) is 10.6 Å². The average Bonchev–Trinajstić information content (AvgIpc) is 3.04. The Bertz CT molecular complexity index is 1440. The smallest absolute Gasteiger partial charge is 0.265 e. The Morgan fingerprint density at radius 1 is 1.05 bits per heavy atom. The fourth-order valence-electron chi connectivity index (χ4n) is 4.61. The van der Waals surface area contributed by atoms with Gasteiger partial charge in [-0.2, -0.15) is 0 Å². The first-order chi connectivity index (χ1) is 17.4. The van der Waals surface area contributed by atoms with Crippen LogP contribution >= 0.6 is 11.6 Å². The number of nitrogens with zero attached hydrogens (tertiary/aromatic N) is 2. The lowest BCUT2D eigenvalue weighted by atomic mass is 10.1. The van der Waals surface area contributed by atoms with Crippen LogP contribution in [-0.2, 0) is 26.2 Å². The van der Waals surface area contributed by atoms with E-state index in [0.29, 0.717) is 27.4 Å². The Morgan fingerprint density at radius 3 is 2.41 bits per heavy atom. The summed E-state index contributed by atoms with van der Waals surface area (Å²) in [5.74, 6) is -0.490. The van der Waals surface area contributed by atoms with Gasteiger partial charge in [-0.1, -0.05) is 48.0 Å². The van der Waals surface area contributed by atoms with E-state index < -0.39 is 21.6 Å². The van der Waals surface area contributed by atoms with Crippen molar-refractivity contribution in [3.63, 3.8) is 0 Å². The number of benzene rings is 3. The van der Waals surface area contributed by atoms with Gasteiger partial charge in [0.25, 0.3) is 10.0 Å². The molecule has 0 aliphatic carbocycles. The number of nitrogens with one attached hydrogen (secondary N) is 1. The molecule has 1 aliphatic rings. The van der Waals surface area contributed by atoms with Crippen LogP contribution in [0.1, 0.15) is 46.1 Å². The van der Waals surface area contributed by atoms with Gasteiger partial charge < -0.3 is 10.2 Å². The van der Waals surface area contributed by atoms with Gasteiger partial charge in [-0.05, 0) is 69.3 Å². The van der Waals surface area contributed by atoms with Gasteiger partial charge in [0.2, 0.25) is 11.8 Å². The molecule has 0 saturated heterocycles. The largest absolute Gasteiger partial charge is 0.350 e. The van der Waals surface area contributed by atoms with Crippen molar-refractivity contribution in [3.8, 4) is 0 Å². The van der Waals surface area contributed by atoms with Gasteiger partial charge in [0.1, 0.15) is 6.04 Å². The van der Waals surface area contributed by atoms with Crippen LogP contribution in [0.5, 0.6) is 0 Å². The summed E-state index contributed by atoms with van der Waals surface area (Å²) in [4.78, 5) is 28.2. The molecule has 0 spiro atoms. The third-order valence-corrected chi connectivity index (χ3v) is 8.43. The SMILES string of the molecule is C[C@H](C(=O)NC(C)(C)C)N(Cc1cccc(Cl)c1)C(=O)CCCN1c2cccc3cccc(c23)S1(=O)=O. The summed E-state index contributed by atoms with van der Waals surface area (Å²) in [6, 6.07) is 17.2. The number of amides is 2. The van der Waals surface area contributed by atoms with Gasteiger partial charge >= 0.3 is 0 Å². The number of anilines is 1. The van der Waals surface area contributed by atoms with Crippen molar-refractivity contribution in [1.29, 1.82) is 0 Å². The molecule has 0 bridgehead atoms. The van der Waals surface area contributed by atoms with Crippen LogP contribution in [0, 0.1) is 0 Å². The summed E-state index contributed by atoms with van der Waals surface area (Å²) in [5.41, 5.74) is 0.991. The van der Waals surface area contributed by atoms with Crippen LogP contribution in [0.25, 0.3) is 10.8 Å². The number of halogens is 1. The van der Waals surface area contributed by atoms with Crippen LogP contribution in [0.4, 0.5) is 5.69 Å². The molecule has 1 atom stereocenters. The molecule has 3 aromatic carbocycles. The molecule has 9 heteroatoms. The van der Waals surface area contributed by atoms with E-state index in [9.17, 15) is 18.0 Å². The Hall–Kier alpha value is -3.10. The summed E-state index contributed by atoms with van der Waals surface area (Å²) < 4.78 is 27.9. The van der Waals surface area contributed by atoms with E-state index in [0.717, 1.165) is 10.9 Å². The van der Waals surface area contributed by atoms with E-state index in [1.165, 1.54) is 9.21 Å². The second-order valence-corrected chi connectivity index (χ2v) is 12.6. The van der Waals surface area contributed by atoms with Crippen molar-refractivity contribution in [2.45, 2.75) is 63.6 Å². The van der Waals surface area contributed by atoms with Gasteiger partial charge in [0, 0.05) is 35.5 Å². The molecular formula is C28H32ClN3O4S. The van der Waals surface area contributed by atoms with Crippen LogP contribution in [0.15, 0.2) is 65.6 Å². The summed E-state index contributed by atoms with van der Waals surface area (Å²) in [6.45, 7) is 7.73. The zero-order valence-corrected chi connectivity index (χ0v) is 23.1. The van der Waals surface area contributed by atoms with E-state index in [2.05, 4.69) is 5.32 Å². The molecule has 2 amide bonds. The maximum Gasteiger partial charge on any atom is 0.265 e. The minimum Gasteiger partial charge on any atom is -0.350 e. The third-order valence-electron chi connectivity index (χ3n) is 6.34. The predicted molar refractivity (Wildman–Crippen MR) is 147 cm³/mol. The number of hydrogen-bond donors (Lipinski definition) is 1. The van der Waals surface area contributed by atoms with Crippen LogP contribution < -0.4 is 9.62 Å². The van der Waals surface area contributed by atoms with Gasteiger partial charge in [-0.25, -0.2) is 8.42 Å². The van der Waals surface area contributed by atoms with Gasteiger partial charge in [0.15, 0.2) is 0 Å². The average molecular weight is 542 g/mol. The zero-order valence-electron chi connectivity index (χ0n) is 21.5. The fourth-order valence-corrected chi connectivity index (χ4v) is 6.57. The zero-order chi connectivity index (χ0) is 27.0. The van der Waals surface area contributed by atoms with E-state index in [4.69, 9.17) is 11.6 Å². The molecule has 4 rings (SSSR count). The van der Waals surface area contributed by atoms with Crippen LogP contribution in [-0.4, -0.2) is 43.3 Å². The number of rotatable bonds is 8. The highest BCUT2D eigenvalue weighted by molar-refractivity contribution is 7.93. The van der Waals surface area contributed by atoms with Crippen molar-refractivity contribution in [1.82, 2.24) is 10.2 Å². The Morgan fingerprint density at radius 2 is 1.73 bits per heavy atom. The molecule has 0 fully saturated rings. The topological polar surface area (TPSA) is 86.8 Å². The lowest BCUT2D eigenvalue weighted by molar-refractivity contribution is -0.141. The predicted octanol–water partition coefficient (Wildman–Crippen LogP) is 5.11. The fraction of sp³-hybridized carbons (Fsp3) is 0.357. The molecule has 0 radical (unpaired) electrons. The van der Waals surface area contributed by atoms with Gasteiger partial charge in [-0.3, -0.25) is 13.9 Å². The Balaban J connectivity index is 1.51. The summed E-state index contributed by atoms with van der Waals surface area (Å²) in [5, 5.41) is 5.06. The highest BCUT2D eigenvalue weighted by Gasteiger charge is 2.35. The first-order valence-corrected chi connectivity index (χ1v) is 14.1. The molecule has 0 unspecified atom stereocenters. The highest BCUT2D eigenvalue weighted by atomic mass is 35.5. The third kappa shape index (κ3) is 5.75. The lowest BCUT2D eigenvalue weighted by Gasteiger charge is -2.31. The molecule has 1 N–H and O–H groups in total. The van der Waals surface area contributed by atoms with Crippen molar-refractivity contribution >= 4 is 49.9 Å². The molecule has 7 nitrogen and oxygen atoms in total. The Labute approximate surface area is 223 Å². The molecule has 1 heterocycles. The maximum absolute atomic E-state index is 13.4. The number of sulfonamides is 1. The number of hydrogen-bond acceptors (Lipinski definition) is 4. The van der Waals surface area contributed by atoms with Gasteiger partial charge in [-0.15, -0.1) is 0 Å². The second-order valence-electron chi connectivity index (χ2n) is 10.4. The summed E-state index contributed by atoms with van der Waals surface area (Å²) >= 11 is 6.15. The molecule has 1 aliphatic heterocycles. The first kappa shape index (κ1) is 26.9. The van der Waals surface area contributed by atoms with Crippen molar-refractivity contribution in [3.05, 3.63) is 71.2 Å². The molecule has 196 valence electrons. The molecule has 0 aromatic heterocycles.